The van der Waals surface area contributed by atoms with E-state index >= 15 is 0 Å². The molecule has 5 heteroatoms. The van der Waals surface area contributed by atoms with E-state index in [9.17, 15) is 9.59 Å². The Bertz CT molecular complexity index is 387. The molecule has 0 rings (SSSR count). The third kappa shape index (κ3) is 7.78. The highest BCUT2D eigenvalue weighted by Gasteiger charge is 2.40. The zero-order valence-corrected chi connectivity index (χ0v) is 15.8. The summed E-state index contributed by atoms with van der Waals surface area (Å²) in [6.07, 6.45) is 0.759. The minimum absolute atomic E-state index is 0.0429. The van der Waals surface area contributed by atoms with Crippen LogP contribution in [-0.4, -0.2) is 35.5 Å². The highest BCUT2D eigenvalue weighted by Crippen LogP contribution is 2.32. The number of nitrogens with one attached hydrogen (secondary N) is 3. The van der Waals surface area contributed by atoms with E-state index in [1.54, 1.807) is 0 Å². The number of hydrogen-bond donors (Lipinski definition) is 3. The number of rotatable bonds is 8. The van der Waals surface area contributed by atoms with Crippen LogP contribution in [0.4, 0.5) is 0 Å². The molecule has 0 aromatic rings. The van der Waals surface area contributed by atoms with E-state index in [0.717, 1.165) is 6.42 Å². The zero-order valence-electron chi connectivity index (χ0n) is 15.8. The van der Waals surface area contributed by atoms with Crippen molar-refractivity contribution in [3.05, 3.63) is 0 Å². The van der Waals surface area contributed by atoms with E-state index in [0.29, 0.717) is 6.04 Å². The fourth-order valence-corrected chi connectivity index (χ4v) is 3.26. The Balaban J connectivity index is 5.24. The van der Waals surface area contributed by atoms with E-state index in [2.05, 4.69) is 43.6 Å². The van der Waals surface area contributed by atoms with Crippen molar-refractivity contribution >= 4 is 11.8 Å². The van der Waals surface area contributed by atoms with Crippen molar-refractivity contribution in [2.24, 2.45) is 5.41 Å². The van der Waals surface area contributed by atoms with Gasteiger partial charge in [0, 0.05) is 24.5 Å². The van der Waals surface area contributed by atoms with E-state index in [4.69, 9.17) is 0 Å². The van der Waals surface area contributed by atoms with Crippen molar-refractivity contribution in [3.8, 4) is 0 Å². The summed E-state index contributed by atoms with van der Waals surface area (Å²) in [6, 6.07) is -0.156. The predicted octanol–water partition coefficient (Wildman–Crippen LogP) is 2.21. The Morgan fingerprint density at radius 1 is 0.909 bits per heavy atom. The lowest BCUT2D eigenvalue weighted by molar-refractivity contribution is -0.131. The van der Waals surface area contributed by atoms with Gasteiger partial charge >= 0.3 is 0 Å². The van der Waals surface area contributed by atoms with Crippen LogP contribution in [0.25, 0.3) is 0 Å². The lowest BCUT2D eigenvalue weighted by Gasteiger charge is -2.41. The quantitative estimate of drug-likeness (QED) is 0.643. The Morgan fingerprint density at radius 2 is 1.41 bits per heavy atom. The summed E-state index contributed by atoms with van der Waals surface area (Å²) in [5.74, 6) is -0.317. The maximum Gasteiger partial charge on any atom is 0.243 e. The molecule has 0 saturated carbocycles. The van der Waals surface area contributed by atoms with Gasteiger partial charge in [0.1, 0.15) is 6.04 Å². The van der Waals surface area contributed by atoms with Crippen LogP contribution >= 0.6 is 0 Å². The summed E-state index contributed by atoms with van der Waals surface area (Å²) in [7, 11) is 0. The molecule has 0 aliphatic rings. The normalized spacial score (nSPS) is 14.1. The maximum absolute atomic E-state index is 12.5. The molecule has 130 valence electrons. The Labute approximate surface area is 136 Å². The molecule has 3 N–H and O–H groups in total. The lowest BCUT2D eigenvalue weighted by Crippen LogP contribution is -2.58. The molecule has 0 bridgehead atoms. The van der Waals surface area contributed by atoms with E-state index < -0.39 is 6.04 Å². The predicted molar refractivity (Wildman–Crippen MR) is 91.6 cm³/mol. The van der Waals surface area contributed by atoms with Crippen molar-refractivity contribution in [2.45, 2.75) is 92.4 Å². The fourth-order valence-electron chi connectivity index (χ4n) is 3.26. The Hall–Kier alpha value is -1.10. The number of carbonyl (C=O) groups excluding carboxylic acids is 2. The van der Waals surface area contributed by atoms with Crippen LogP contribution in [0.5, 0.6) is 0 Å². The van der Waals surface area contributed by atoms with Crippen molar-refractivity contribution < 1.29 is 9.59 Å². The van der Waals surface area contributed by atoms with E-state index in [1.807, 2.05) is 27.7 Å². The van der Waals surface area contributed by atoms with Crippen LogP contribution in [0.2, 0.25) is 0 Å². The molecule has 0 aromatic heterocycles. The number of amides is 2. The van der Waals surface area contributed by atoms with Gasteiger partial charge in [0.25, 0.3) is 0 Å². The summed E-state index contributed by atoms with van der Waals surface area (Å²) in [6.45, 7) is 17.8. The second-order valence-electron chi connectivity index (χ2n) is 8.15. The smallest absolute Gasteiger partial charge is 0.243 e. The molecule has 0 fully saturated rings. The van der Waals surface area contributed by atoms with Gasteiger partial charge in [-0.15, -0.1) is 0 Å². The van der Waals surface area contributed by atoms with Crippen molar-refractivity contribution in [3.63, 3.8) is 0 Å². The molecule has 0 aliphatic carbocycles. The first kappa shape index (κ1) is 20.9. The molecule has 22 heavy (non-hydrogen) atoms. The molecule has 5 nitrogen and oxygen atoms in total. The van der Waals surface area contributed by atoms with Gasteiger partial charge in [-0.25, -0.2) is 0 Å². The topological polar surface area (TPSA) is 70.2 Å². The highest BCUT2D eigenvalue weighted by atomic mass is 16.2. The number of carbonyl (C=O) groups is 2. The lowest BCUT2D eigenvalue weighted by atomic mass is 9.74. The summed E-state index contributed by atoms with van der Waals surface area (Å²) in [5, 5.41) is 9.25. The molecule has 2 amide bonds. The first-order valence-electron chi connectivity index (χ1n) is 8.12. The number of hydrogen-bond acceptors (Lipinski definition) is 3. The maximum atomic E-state index is 12.5. The van der Waals surface area contributed by atoms with Gasteiger partial charge < -0.3 is 16.0 Å². The van der Waals surface area contributed by atoms with Crippen LogP contribution < -0.4 is 16.0 Å². The van der Waals surface area contributed by atoms with Gasteiger partial charge in [0.15, 0.2) is 0 Å². The highest BCUT2D eigenvalue weighted by molar-refractivity contribution is 5.87. The SMILES string of the molecule is CC(=O)NC(C(=O)NC(C)C)C(C)(C)CC(C)(C)NC(C)C. The monoisotopic (exact) mass is 313 g/mol. The first-order valence-corrected chi connectivity index (χ1v) is 8.12. The molecular weight excluding hydrogens is 278 g/mol. The third-order valence-corrected chi connectivity index (χ3v) is 3.40. The molecular formula is C17H35N3O2. The van der Waals surface area contributed by atoms with Crippen LogP contribution in [-0.2, 0) is 9.59 Å². The molecule has 0 aromatic carbocycles. The zero-order chi connectivity index (χ0) is 17.7. The summed E-state index contributed by atoms with van der Waals surface area (Å²) >= 11 is 0. The van der Waals surface area contributed by atoms with Gasteiger partial charge in [-0.1, -0.05) is 27.7 Å². The van der Waals surface area contributed by atoms with Gasteiger partial charge in [-0.3, -0.25) is 9.59 Å². The molecule has 0 saturated heterocycles. The molecule has 1 unspecified atom stereocenters. The third-order valence-electron chi connectivity index (χ3n) is 3.40. The van der Waals surface area contributed by atoms with Crippen molar-refractivity contribution in [1.29, 1.82) is 0 Å². The Kier molecular flexibility index (Phi) is 7.55. The van der Waals surface area contributed by atoms with Gasteiger partial charge in [-0.2, -0.15) is 0 Å². The molecule has 0 heterocycles. The van der Waals surface area contributed by atoms with Gasteiger partial charge in [0.05, 0.1) is 0 Å². The Morgan fingerprint density at radius 3 is 1.77 bits per heavy atom. The summed E-state index contributed by atoms with van der Waals surface area (Å²) < 4.78 is 0. The molecule has 0 aliphatic heterocycles. The largest absolute Gasteiger partial charge is 0.352 e. The molecule has 0 spiro atoms. The van der Waals surface area contributed by atoms with E-state index in [-0.39, 0.29) is 28.8 Å². The van der Waals surface area contributed by atoms with Crippen LogP contribution in [0, 0.1) is 5.41 Å². The average Bonchev–Trinajstić information content (AvgIpc) is 2.20. The average molecular weight is 313 g/mol. The first-order chi connectivity index (χ1) is 9.77. The summed E-state index contributed by atoms with van der Waals surface area (Å²) in [4.78, 5) is 24.0. The van der Waals surface area contributed by atoms with Gasteiger partial charge in [-0.05, 0) is 39.5 Å². The fraction of sp³-hybridized carbons (Fsp3) is 0.882. The van der Waals surface area contributed by atoms with Crippen LogP contribution in [0.15, 0.2) is 0 Å². The minimum atomic E-state index is -0.555. The second kappa shape index (κ2) is 7.95. The van der Waals surface area contributed by atoms with Crippen LogP contribution in [0.3, 0.4) is 0 Å². The van der Waals surface area contributed by atoms with Crippen LogP contribution in [0.1, 0.15) is 68.7 Å². The second-order valence-corrected chi connectivity index (χ2v) is 8.15. The standard InChI is InChI=1S/C17H35N3O2/c1-11(2)18-15(22)14(19-13(5)21)16(6,7)10-17(8,9)20-12(3)4/h11-12,14,20H,10H2,1-9H3,(H,18,22)(H,19,21). The molecule has 1 atom stereocenters. The summed E-state index contributed by atoms with van der Waals surface area (Å²) in [5.41, 5.74) is -0.511. The van der Waals surface area contributed by atoms with Gasteiger partial charge in [0.2, 0.25) is 11.8 Å². The van der Waals surface area contributed by atoms with E-state index in [1.165, 1.54) is 6.92 Å². The van der Waals surface area contributed by atoms with Crippen molar-refractivity contribution in [2.75, 3.05) is 0 Å². The van der Waals surface area contributed by atoms with Crippen molar-refractivity contribution in [1.82, 2.24) is 16.0 Å². The molecule has 0 radical (unpaired) electrons. The minimum Gasteiger partial charge on any atom is -0.352 e.